The molecule has 4 aliphatic carbocycles. The Morgan fingerprint density at radius 3 is 2.00 bits per heavy atom. The number of hydrogen-bond donors (Lipinski definition) is 0. The molecule has 6 rings (SSSR count). The van der Waals surface area contributed by atoms with E-state index in [0.717, 1.165) is 23.5 Å². The van der Waals surface area contributed by atoms with E-state index in [2.05, 4.69) is 24.3 Å². The fourth-order valence-electron chi connectivity index (χ4n) is 6.23. The Balaban J connectivity index is 1.27. The number of carbonyl (C=O) groups excluding carboxylic acids is 1. The zero-order valence-electron chi connectivity index (χ0n) is 15.2. The number of carbonyl (C=O) groups is 1. The predicted molar refractivity (Wildman–Crippen MR) is 103 cm³/mol. The summed E-state index contributed by atoms with van der Waals surface area (Å²) in [5, 5.41) is 0. The number of hydrogen-bond acceptors (Lipinski definition) is 2. The highest BCUT2D eigenvalue weighted by atomic mass is 16.5. The second kappa shape index (κ2) is 6.26. The van der Waals surface area contributed by atoms with Gasteiger partial charge in [0.25, 0.3) is 0 Å². The molecule has 0 unspecified atom stereocenters. The molecular formula is C24H26O2. The molecule has 4 bridgehead atoms. The van der Waals surface area contributed by atoms with Crippen molar-refractivity contribution in [1.29, 1.82) is 0 Å². The van der Waals surface area contributed by atoms with Gasteiger partial charge in [-0.3, -0.25) is 4.79 Å². The third-order valence-electron chi connectivity index (χ3n) is 6.97. The van der Waals surface area contributed by atoms with E-state index in [9.17, 15) is 4.79 Å². The quantitative estimate of drug-likeness (QED) is 0.676. The van der Waals surface area contributed by atoms with Crippen molar-refractivity contribution in [2.24, 2.45) is 17.8 Å². The lowest BCUT2D eigenvalue weighted by Crippen LogP contribution is -2.48. The lowest BCUT2D eigenvalue weighted by molar-refractivity contribution is -0.00520. The van der Waals surface area contributed by atoms with Crippen LogP contribution in [0.3, 0.4) is 0 Å². The maximum absolute atomic E-state index is 12.2. The molecule has 0 atom stereocenters. The molecule has 134 valence electrons. The van der Waals surface area contributed by atoms with E-state index in [1.807, 2.05) is 30.3 Å². The zero-order valence-corrected chi connectivity index (χ0v) is 15.2. The first kappa shape index (κ1) is 16.1. The Labute approximate surface area is 155 Å². The summed E-state index contributed by atoms with van der Waals surface area (Å²) in [5.41, 5.74) is 2.63. The van der Waals surface area contributed by atoms with Crippen LogP contribution in [-0.2, 0) is 5.41 Å². The van der Waals surface area contributed by atoms with Crippen LogP contribution in [0.15, 0.2) is 54.6 Å². The van der Waals surface area contributed by atoms with Crippen molar-refractivity contribution >= 4 is 5.78 Å². The molecule has 2 heteroatoms. The van der Waals surface area contributed by atoms with Crippen molar-refractivity contribution < 1.29 is 9.53 Å². The minimum absolute atomic E-state index is 0.0239. The Bertz CT molecular complexity index is 755. The first-order chi connectivity index (χ1) is 12.7. The van der Waals surface area contributed by atoms with Crippen LogP contribution in [0.1, 0.15) is 54.4 Å². The van der Waals surface area contributed by atoms with Gasteiger partial charge < -0.3 is 4.74 Å². The van der Waals surface area contributed by atoms with E-state index in [1.54, 1.807) is 0 Å². The van der Waals surface area contributed by atoms with E-state index in [0.29, 0.717) is 11.0 Å². The largest absolute Gasteiger partial charge is 0.485 e. The summed E-state index contributed by atoms with van der Waals surface area (Å²) in [5.74, 6) is 3.69. The average molecular weight is 346 g/mol. The highest BCUT2D eigenvalue weighted by molar-refractivity contribution is 5.97. The lowest BCUT2D eigenvalue weighted by Gasteiger charge is -2.57. The molecule has 0 amide bonds. The molecule has 4 saturated carbocycles. The Kier molecular flexibility index (Phi) is 3.88. The summed E-state index contributed by atoms with van der Waals surface area (Å²) in [6, 6.07) is 18.0. The predicted octanol–water partition coefficient (Wildman–Crippen LogP) is 5.42. The van der Waals surface area contributed by atoms with Crippen molar-refractivity contribution in [3.63, 3.8) is 0 Å². The normalized spacial score (nSPS) is 31.8. The van der Waals surface area contributed by atoms with E-state index in [4.69, 9.17) is 4.74 Å². The van der Waals surface area contributed by atoms with Crippen molar-refractivity contribution in [2.45, 2.75) is 43.9 Å². The minimum atomic E-state index is 0.0239. The molecule has 2 nitrogen and oxygen atoms in total. The van der Waals surface area contributed by atoms with Crippen molar-refractivity contribution in [3.05, 3.63) is 65.7 Å². The minimum Gasteiger partial charge on any atom is -0.485 e. The van der Waals surface area contributed by atoms with Crippen LogP contribution in [0.4, 0.5) is 0 Å². The van der Waals surface area contributed by atoms with E-state index in [1.165, 1.54) is 44.1 Å². The third kappa shape index (κ3) is 2.86. The Morgan fingerprint density at radius 1 is 0.846 bits per heavy atom. The molecule has 0 saturated heterocycles. The molecule has 0 radical (unpaired) electrons. The summed E-state index contributed by atoms with van der Waals surface area (Å²) >= 11 is 0. The molecular weight excluding hydrogens is 320 g/mol. The fourth-order valence-corrected chi connectivity index (χ4v) is 6.23. The first-order valence-electron chi connectivity index (χ1n) is 10.0. The van der Waals surface area contributed by atoms with Gasteiger partial charge in [-0.2, -0.15) is 0 Å². The number of ether oxygens (including phenoxy) is 1. The number of Topliss-reactive ketones (excluding diaryl/α,β-unsaturated/α-hetero) is 1. The van der Waals surface area contributed by atoms with Gasteiger partial charge in [-0.25, -0.2) is 0 Å². The topological polar surface area (TPSA) is 26.3 Å². The van der Waals surface area contributed by atoms with Crippen LogP contribution in [0.2, 0.25) is 0 Å². The van der Waals surface area contributed by atoms with Gasteiger partial charge in [-0.05, 0) is 79.4 Å². The van der Waals surface area contributed by atoms with E-state index < -0.39 is 0 Å². The smallest absolute Gasteiger partial charge is 0.200 e. The molecule has 0 N–H and O–H groups in total. The second-order valence-electron chi connectivity index (χ2n) is 8.80. The van der Waals surface area contributed by atoms with E-state index >= 15 is 0 Å². The molecule has 0 spiro atoms. The van der Waals surface area contributed by atoms with Gasteiger partial charge in [0.1, 0.15) is 5.75 Å². The summed E-state index contributed by atoms with van der Waals surface area (Å²) in [4.78, 5) is 12.2. The van der Waals surface area contributed by atoms with Gasteiger partial charge in [0.2, 0.25) is 0 Å². The van der Waals surface area contributed by atoms with Crippen molar-refractivity contribution in [2.75, 3.05) is 6.61 Å². The molecule has 0 aliphatic heterocycles. The highest BCUT2D eigenvalue weighted by Crippen LogP contribution is 2.60. The first-order valence-corrected chi connectivity index (χ1v) is 10.0. The van der Waals surface area contributed by atoms with Gasteiger partial charge >= 0.3 is 0 Å². The summed E-state index contributed by atoms with van der Waals surface area (Å²) < 4.78 is 5.75. The van der Waals surface area contributed by atoms with Crippen LogP contribution < -0.4 is 4.74 Å². The summed E-state index contributed by atoms with van der Waals surface area (Å²) in [6.07, 6.45) is 8.56. The van der Waals surface area contributed by atoms with Crippen LogP contribution in [-0.4, -0.2) is 12.4 Å². The van der Waals surface area contributed by atoms with Crippen molar-refractivity contribution in [3.8, 4) is 5.75 Å². The van der Waals surface area contributed by atoms with E-state index in [-0.39, 0.29) is 12.4 Å². The van der Waals surface area contributed by atoms with Crippen LogP contribution >= 0.6 is 0 Å². The van der Waals surface area contributed by atoms with Gasteiger partial charge in [-0.1, -0.05) is 42.5 Å². The molecule has 26 heavy (non-hydrogen) atoms. The number of rotatable bonds is 5. The molecule has 4 aliphatic rings. The second-order valence-corrected chi connectivity index (χ2v) is 8.80. The SMILES string of the molecule is O=C(COc1ccc(C23CC4CC(CC(C4)C2)C3)cc1)c1ccccc1. The summed E-state index contributed by atoms with van der Waals surface area (Å²) in [7, 11) is 0. The fraction of sp³-hybridized carbons (Fsp3) is 0.458. The Morgan fingerprint density at radius 2 is 1.42 bits per heavy atom. The standard InChI is InChI=1S/C24H26O2/c25-23(20-4-2-1-3-5-20)16-26-22-8-6-21(7-9-22)24-13-17-10-18(14-24)12-19(11-17)15-24/h1-9,17-19H,10-16H2. The highest BCUT2D eigenvalue weighted by Gasteiger charge is 2.51. The number of ketones is 1. The molecule has 2 aromatic carbocycles. The van der Waals surface area contributed by atoms with Crippen LogP contribution in [0, 0.1) is 17.8 Å². The maximum atomic E-state index is 12.2. The molecule has 4 fully saturated rings. The van der Waals surface area contributed by atoms with Gasteiger partial charge in [-0.15, -0.1) is 0 Å². The van der Waals surface area contributed by atoms with Crippen LogP contribution in [0.25, 0.3) is 0 Å². The monoisotopic (exact) mass is 346 g/mol. The molecule has 0 aromatic heterocycles. The number of benzene rings is 2. The van der Waals surface area contributed by atoms with Gasteiger partial charge in [0, 0.05) is 5.56 Å². The van der Waals surface area contributed by atoms with Gasteiger partial charge in [0.05, 0.1) is 0 Å². The third-order valence-corrected chi connectivity index (χ3v) is 6.97. The molecule has 0 heterocycles. The average Bonchev–Trinajstić information content (AvgIpc) is 2.66. The Hall–Kier alpha value is -2.09. The lowest BCUT2D eigenvalue weighted by atomic mass is 9.48. The zero-order chi connectivity index (χ0) is 17.6. The molecule has 2 aromatic rings. The van der Waals surface area contributed by atoms with Crippen LogP contribution in [0.5, 0.6) is 5.75 Å². The maximum Gasteiger partial charge on any atom is 0.200 e. The summed E-state index contributed by atoms with van der Waals surface area (Å²) in [6.45, 7) is 0.0979. The van der Waals surface area contributed by atoms with Crippen molar-refractivity contribution in [1.82, 2.24) is 0 Å². The van der Waals surface area contributed by atoms with Gasteiger partial charge in [0.15, 0.2) is 12.4 Å².